The van der Waals surface area contributed by atoms with Gasteiger partial charge in [-0.25, -0.2) is 4.79 Å². The molecule has 2 aliphatic rings. The van der Waals surface area contributed by atoms with Crippen molar-refractivity contribution in [3.63, 3.8) is 0 Å². The molecule has 1 aromatic carbocycles. The molecule has 0 aliphatic carbocycles. The number of hydrogen-bond acceptors (Lipinski definition) is 2. The Kier molecular flexibility index (Phi) is 6.80. The van der Waals surface area contributed by atoms with Crippen LogP contribution in [-0.4, -0.2) is 29.6 Å². The Morgan fingerprint density at radius 1 is 1.37 bits per heavy atom. The minimum absolute atomic E-state index is 0.000510. The number of carbonyl (C=O) groups excluding carboxylic acids is 1. The fraction of sp³-hybridized carbons (Fsp3) is 0.167. The highest BCUT2D eigenvalue weighted by molar-refractivity contribution is 6.17. The van der Waals surface area contributed by atoms with Gasteiger partial charge in [-0.1, -0.05) is 61.7 Å². The van der Waals surface area contributed by atoms with Crippen LogP contribution in [0.1, 0.15) is 18.9 Å². The standard InChI is InChI=1S/C24H23FN4O/c1-4-20(25)19(24(30)27-15-18-8-6-5-7-9-18)10-11-22-23(28-16-29(22)3)21-14-17(2)12-13-26-21/h5-14,16H,2,4,15H2,1,3H3/p+1/b20-19-,22-11?. The van der Waals surface area contributed by atoms with Crippen molar-refractivity contribution in [2.24, 2.45) is 4.99 Å². The summed E-state index contributed by atoms with van der Waals surface area (Å²) in [6.45, 7) is 5.92. The molecule has 0 fully saturated rings. The highest BCUT2D eigenvalue weighted by Crippen LogP contribution is 2.25. The third-order valence-electron chi connectivity index (χ3n) is 4.60. The van der Waals surface area contributed by atoms with E-state index in [1.54, 1.807) is 36.2 Å². The van der Waals surface area contributed by atoms with E-state index in [-0.39, 0.29) is 12.0 Å². The first kappa shape index (κ1) is 21.0. The van der Waals surface area contributed by atoms with Crippen molar-refractivity contribution in [2.45, 2.75) is 19.9 Å². The number of halogens is 1. The molecule has 0 unspecified atom stereocenters. The first-order chi connectivity index (χ1) is 14.5. The summed E-state index contributed by atoms with van der Waals surface area (Å²) in [6, 6.07) is 9.50. The number of hydrogen-bond donors (Lipinski definition) is 1. The van der Waals surface area contributed by atoms with E-state index in [0.717, 1.165) is 11.1 Å². The summed E-state index contributed by atoms with van der Waals surface area (Å²) in [5, 5.41) is 7.13. The first-order valence-corrected chi connectivity index (χ1v) is 9.68. The zero-order valence-electron chi connectivity index (χ0n) is 17.1. The highest BCUT2D eigenvalue weighted by atomic mass is 19.1. The van der Waals surface area contributed by atoms with Gasteiger partial charge in [0.05, 0.1) is 19.7 Å². The predicted octanol–water partition coefficient (Wildman–Crippen LogP) is 4.49. The van der Waals surface area contributed by atoms with E-state index < -0.39 is 11.7 Å². The van der Waals surface area contributed by atoms with Crippen LogP contribution in [0.5, 0.6) is 0 Å². The van der Waals surface area contributed by atoms with Gasteiger partial charge in [0.2, 0.25) is 11.4 Å². The van der Waals surface area contributed by atoms with Crippen LogP contribution in [0.3, 0.4) is 0 Å². The van der Waals surface area contributed by atoms with E-state index in [2.05, 4.69) is 22.2 Å². The highest BCUT2D eigenvalue weighted by Gasteiger charge is 2.29. The third-order valence-corrected chi connectivity index (χ3v) is 4.60. The molecule has 2 aliphatic heterocycles. The summed E-state index contributed by atoms with van der Waals surface area (Å²) in [5.41, 5.74) is 3.78. The molecule has 3 rings (SSSR count). The molecule has 0 radical (unpaired) electrons. The number of allylic oxidation sites excluding steroid dienone is 5. The summed E-state index contributed by atoms with van der Waals surface area (Å²) in [4.78, 5) is 17.1. The van der Waals surface area contributed by atoms with Crippen LogP contribution in [0.4, 0.5) is 4.39 Å². The second-order valence-corrected chi connectivity index (χ2v) is 6.81. The Labute approximate surface area is 176 Å². The second kappa shape index (κ2) is 9.69. The van der Waals surface area contributed by atoms with E-state index in [4.69, 9.17) is 0 Å². The molecule has 0 saturated carbocycles. The number of benzene rings is 1. The molecular formula is C24H24FN4O+. The van der Waals surface area contributed by atoms with E-state index in [0.29, 0.717) is 23.7 Å². The van der Waals surface area contributed by atoms with Crippen molar-refractivity contribution in [2.75, 3.05) is 7.05 Å². The Morgan fingerprint density at radius 3 is 2.83 bits per heavy atom. The quantitative estimate of drug-likeness (QED) is 0.407. The SMILES string of the molecule is C=C1C=C[N-]C(C2=NC=[N+](C)C2=C[CH+]/C(C(=O)NCc2ccccc2)=C(/F)CC)=C1. The molecule has 30 heavy (non-hydrogen) atoms. The van der Waals surface area contributed by atoms with Crippen LogP contribution < -0.4 is 5.32 Å². The van der Waals surface area contributed by atoms with Gasteiger partial charge in [-0.3, -0.25) is 0 Å². The molecule has 0 atom stereocenters. The Balaban J connectivity index is 1.77. The van der Waals surface area contributed by atoms with Gasteiger partial charge in [0.15, 0.2) is 11.4 Å². The summed E-state index contributed by atoms with van der Waals surface area (Å²) >= 11 is 0. The lowest BCUT2D eigenvalue weighted by Gasteiger charge is -2.21. The van der Waals surface area contributed by atoms with Crippen molar-refractivity contribution >= 4 is 18.0 Å². The van der Waals surface area contributed by atoms with Crippen LogP contribution >= 0.6 is 0 Å². The van der Waals surface area contributed by atoms with Crippen molar-refractivity contribution in [3.8, 4) is 0 Å². The van der Waals surface area contributed by atoms with E-state index in [1.807, 2.05) is 43.5 Å². The lowest BCUT2D eigenvalue weighted by atomic mass is 10.0. The predicted molar refractivity (Wildman–Crippen MR) is 119 cm³/mol. The maximum absolute atomic E-state index is 14.5. The lowest BCUT2D eigenvalue weighted by Crippen LogP contribution is -2.25. The number of rotatable bonds is 7. The molecule has 152 valence electrons. The largest absolute Gasteiger partial charge is 0.660 e. The summed E-state index contributed by atoms with van der Waals surface area (Å²) in [5.74, 6) is -0.936. The van der Waals surface area contributed by atoms with Crippen molar-refractivity contribution in [1.29, 1.82) is 0 Å². The summed E-state index contributed by atoms with van der Waals surface area (Å²) in [7, 11) is 1.83. The molecular weight excluding hydrogens is 379 g/mol. The van der Waals surface area contributed by atoms with Crippen LogP contribution in [0, 0.1) is 6.42 Å². The molecule has 0 spiro atoms. The van der Waals surface area contributed by atoms with Gasteiger partial charge >= 0.3 is 5.91 Å². The second-order valence-electron chi connectivity index (χ2n) is 6.81. The topological polar surface area (TPSA) is 58.6 Å². The number of carbonyl (C=O) groups is 1. The number of aliphatic imine (C=N–C) groups is 1. The van der Waals surface area contributed by atoms with Crippen LogP contribution in [0.25, 0.3) is 5.32 Å². The fourth-order valence-corrected chi connectivity index (χ4v) is 2.95. The van der Waals surface area contributed by atoms with Gasteiger partial charge in [-0.05, 0) is 16.1 Å². The smallest absolute Gasteiger partial charge is 0.336 e. The third kappa shape index (κ3) is 5.03. The minimum atomic E-state index is -0.474. The van der Waals surface area contributed by atoms with Gasteiger partial charge in [0, 0.05) is 12.8 Å². The van der Waals surface area contributed by atoms with Gasteiger partial charge in [-0.15, -0.1) is 0 Å². The van der Waals surface area contributed by atoms with Gasteiger partial charge in [0.25, 0.3) is 6.34 Å². The average Bonchev–Trinajstić information content (AvgIpc) is 3.13. The number of nitrogens with one attached hydrogen (secondary N) is 1. The lowest BCUT2D eigenvalue weighted by molar-refractivity contribution is -0.426. The molecule has 0 saturated heterocycles. The van der Waals surface area contributed by atoms with Crippen molar-refractivity contribution < 1.29 is 13.8 Å². The zero-order chi connectivity index (χ0) is 21.5. The van der Waals surface area contributed by atoms with Crippen molar-refractivity contribution in [1.82, 2.24) is 5.32 Å². The minimum Gasteiger partial charge on any atom is -0.660 e. The Morgan fingerprint density at radius 2 is 2.13 bits per heavy atom. The maximum Gasteiger partial charge on any atom is 0.336 e. The molecule has 1 aromatic rings. The van der Waals surface area contributed by atoms with Crippen molar-refractivity contribution in [3.05, 3.63) is 107 Å². The normalized spacial score (nSPS) is 17.6. The van der Waals surface area contributed by atoms with Gasteiger partial charge in [0.1, 0.15) is 0 Å². The average molecular weight is 403 g/mol. The Hall–Kier alpha value is -3.67. The number of amides is 1. The molecule has 6 heteroatoms. The molecule has 0 bridgehead atoms. The van der Waals surface area contributed by atoms with E-state index in [1.165, 1.54) is 6.42 Å². The zero-order valence-corrected chi connectivity index (χ0v) is 17.1. The summed E-state index contributed by atoms with van der Waals surface area (Å²) in [6.07, 6.45) is 10.3. The molecule has 2 heterocycles. The summed E-state index contributed by atoms with van der Waals surface area (Å²) < 4.78 is 16.3. The van der Waals surface area contributed by atoms with Crippen LogP contribution in [0.15, 0.2) is 94.7 Å². The molecule has 1 N–H and O–H groups in total. The number of nitrogens with zero attached hydrogens (tertiary/aromatic N) is 3. The van der Waals surface area contributed by atoms with E-state index in [9.17, 15) is 9.18 Å². The van der Waals surface area contributed by atoms with Gasteiger partial charge < -0.3 is 10.6 Å². The van der Waals surface area contributed by atoms with Gasteiger partial charge in [-0.2, -0.15) is 15.2 Å². The molecule has 1 amide bonds. The fourth-order valence-electron chi connectivity index (χ4n) is 2.95. The Bertz CT molecular complexity index is 1030. The van der Waals surface area contributed by atoms with Crippen LogP contribution in [0.2, 0.25) is 0 Å². The molecule has 5 nitrogen and oxygen atoms in total. The molecule has 0 aromatic heterocycles. The maximum atomic E-state index is 14.5. The van der Waals surface area contributed by atoms with Crippen LogP contribution in [-0.2, 0) is 11.3 Å². The van der Waals surface area contributed by atoms with E-state index >= 15 is 0 Å². The first-order valence-electron chi connectivity index (χ1n) is 9.68. The monoisotopic (exact) mass is 403 g/mol.